The summed E-state index contributed by atoms with van der Waals surface area (Å²) in [6.45, 7) is 2.58. The van der Waals surface area contributed by atoms with Crippen molar-refractivity contribution in [2.24, 2.45) is 0 Å². The topological polar surface area (TPSA) is 49.8 Å². The number of phenolic OH excluding ortho intramolecular Hbond substituents is 1. The summed E-state index contributed by atoms with van der Waals surface area (Å²) < 4.78 is 5.53. The zero-order chi connectivity index (χ0) is 16.4. The number of ether oxygens (including phenoxy) is 1. The van der Waals surface area contributed by atoms with Gasteiger partial charge in [0.05, 0.1) is 5.69 Å². The number of hydrogen-bond donors (Lipinski definition) is 1. The Morgan fingerprint density at radius 2 is 2.13 bits per heavy atom. The Hall–Kier alpha value is -2.20. The molecule has 0 radical (unpaired) electrons. The Labute approximate surface area is 140 Å². The SMILES string of the molecule is C[C@@H]1CCN(C(=O)COc2cccc(Cl)c2)c2c(O)cccc21. The number of rotatable bonds is 3. The summed E-state index contributed by atoms with van der Waals surface area (Å²) in [6, 6.07) is 12.3. The number of benzene rings is 2. The smallest absolute Gasteiger partial charge is 0.265 e. The molecule has 3 rings (SSSR count). The molecule has 0 unspecified atom stereocenters. The first-order chi connectivity index (χ1) is 11.1. The van der Waals surface area contributed by atoms with Crippen molar-refractivity contribution in [1.29, 1.82) is 0 Å². The molecule has 1 aliphatic heterocycles. The first-order valence-electron chi connectivity index (χ1n) is 7.57. The summed E-state index contributed by atoms with van der Waals surface area (Å²) >= 11 is 5.90. The number of aromatic hydroxyl groups is 1. The van der Waals surface area contributed by atoms with E-state index in [1.807, 2.05) is 6.07 Å². The standard InChI is InChI=1S/C18H18ClNO3/c1-12-8-9-20(18-15(12)6-3-7-16(18)21)17(22)11-23-14-5-2-4-13(19)10-14/h2-7,10,12,21H,8-9,11H2,1H3/t12-/m1/s1. The minimum atomic E-state index is -0.181. The molecule has 0 aliphatic carbocycles. The minimum Gasteiger partial charge on any atom is -0.506 e. The van der Waals surface area contributed by atoms with E-state index in [9.17, 15) is 9.90 Å². The molecule has 0 bridgehead atoms. The molecule has 2 aromatic rings. The van der Waals surface area contributed by atoms with Crippen LogP contribution < -0.4 is 9.64 Å². The number of phenols is 1. The zero-order valence-corrected chi connectivity index (χ0v) is 13.6. The van der Waals surface area contributed by atoms with Crippen LogP contribution in [0.15, 0.2) is 42.5 Å². The third-order valence-electron chi connectivity index (χ3n) is 4.09. The van der Waals surface area contributed by atoms with Gasteiger partial charge in [-0.3, -0.25) is 4.79 Å². The van der Waals surface area contributed by atoms with Crippen molar-refractivity contribution in [1.82, 2.24) is 0 Å². The summed E-state index contributed by atoms with van der Waals surface area (Å²) in [7, 11) is 0. The van der Waals surface area contributed by atoms with Crippen LogP contribution in [0.2, 0.25) is 5.02 Å². The minimum absolute atomic E-state index is 0.0947. The second-order valence-electron chi connectivity index (χ2n) is 5.70. The lowest BCUT2D eigenvalue weighted by Gasteiger charge is -2.33. The van der Waals surface area contributed by atoms with Crippen LogP contribution in [-0.2, 0) is 4.79 Å². The molecule has 1 N–H and O–H groups in total. The van der Waals surface area contributed by atoms with Gasteiger partial charge in [0.15, 0.2) is 6.61 Å². The van der Waals surface area contributed by atoms with Gasteiger partial charge in [0.1, 0.15) is 11.5 Å². The number of hydrogen-bond acceptors (Lipinski definition) is 3. The molecule has 0 saturated carbocycles. The van der Waals surface area contributed by atoms with Crippen molar-refractivity contribution < 1.29 is 14.6 Å². The molecule has 23 heavy (non-hydrogen) atoms. The Balaban J connectivity index is 1.77. The number of carbonyl (C=O) groups is 1. The predicted molar refractivity (Wildman–Crippen MR) is 90.4 cm³/mol. The Bertz CT molecular complexity index is 732. The Morgan fingerprint density at radius 3 is 2.91 bits per heavy atom. The van der Waals surface area contributed by atoms with E-state index in [0.29, 0.717) is 28.9 Å². The van der Waals surface area contributed by atoms with Gasteiger partial charge >= 0.3 is 0 Å². The van der Waals surface area contributed by atoms with Crippen LogP contribution in [0, 0.1) is 0 Å². The lowest BCUT2D eigenvalue weighted by atomic mass is 9.91. The first-order valence-corrected chi connectivity index (χ1v) is 7.94. The van der Waals surface area contributed by atoms with E-state index in [1.165, 1.54) is 0 Å². The summed E-state index contributed by atoms with van der Waals surface area (Å²) in [5.74, 6) is 0.813. The average Bonchev–Trinajstić information content (AvgIpc) is 2.54. The van der Waals surface area contributed by atoms with Gasteiger partial charge in [-0.1, -0.05) is 36.7 Å². The maximum Gasteiger partial charge on any atom is 0.265 e. The first kappa shape index (κ1) is 15.7. The van der Waals surface area contributed by atoms with Crippen molar-refractivity contribution in [2.75, 3.05) is 18.1 Å². The molecule has 1 heterocycles. The quantitative estimate of drug-likeness (QED) is 0.926. The number of amides is 1. The molecule has 0 aromatic heterocycles. The van der Waals surface area contributed by atoms with E-state index in [2.05, 4.69) is 6.92 Å². The number of para-hydroxylation sites is 1. The van der Waals surface area contributed by atoms with Crippen LogP contribution >= 0.6 is 11.6 Å². The van der Waals surface area contributed by atoms with Crippen molar-refractivity contribution in [2.45, 2.75) is 19.3 Å². The molecule has 0 fully saturated rings. The van der Waals surface area contributed by atoms with Crippen molar-refractivity contribution in [3.8, 4) is 11.5 Å². The molecule has 4 nitrogen and oxygen atoms in total. The number of nitrogens with zero attached hydrogens (tertiary/aromatic N) is 1. The molecular formula is C18H18ClNO3. The van der Waals surface area contributed by atoms with Crippen molar-refractivity contribution >= 4 is 23.2 Å². The largest absolute Gasteiger partial charge is 0.506 e. The second-order valence-corrected chi connectivity index (χ2v) is 6.13. The fourth-order valence-electron chi connectivity index (χ4n) is 2.86. The van der Waals surface area contributed by atoms with Gasteiger partial charge in [-0.15, -0.1) is 0 Å². The highest BCUT2D eigenvalue weighted by Gasteiger charge is 2.29. The van der Waals surface area contributed by atoms with Crippen LogP contribution in [0.25, 0.3) is 0 Å². The normalized spacial score (nSPS) is 16.8. The summed E-state index contributed by atoms with van der Waals surface area (Å²) in [6.07, 6.45) is 0.860. The zero-order valence-electron chi connectivity index (χ0n) is 12.8. The van der Waals surface area contributed by atoms with Crippen molar-refractivity contribution in [3.05, 3.63) is 53.1 Å². The molecule has 120 valence electrons. The molecule has 0 saturated heterocycles. The van der Waals surface area contributed by atoms with Crippen LogP contribution in [0.5, 0.6) is 11.5 Å². The van der Waals surface area contributed by atoms with Crippen LogP contribution in [-0.4, -0.2) is 24.2 Å². The van der Waals surface area contributed by atoms with Gasteiger partial charge in [-0.2, -0.15) is 0 Å². The number of carbonyl (C=O) groups excluding carboxylic acids is 1. The van der Waals surface area contributed by atoms with Gasteiger partial charge < -0.3 is 14.7 Å². The third-order valence-corrected chi connectivity index (χ3v) is 4.33. The fourth-order valence-corrected chi connectivity index (χ4v) is 3.04. The summed E-state index contributed by atoms with van der Waals surface area (Å²) in [4.78, 5) is 14.1. The molecule has 1 amide bonds. The lowest BCUT2D eigenvalue weighted by Crippen LogP contribution is -2.39. The van der Waals surface area contributed by atoms with Gasteiger partial charge in [0, 0.05) is 11.6 Å². The molecule has 1 aliphatic rings. The van der Waals surface area contributed by atoms with Crippen LogP contribution in [0.4, 0.5) is 5.69 Å². The lowest BCUT2D eigenvalue weighted by molar-refractivity contribution is -0.120. The summed E-state index contributed by atoms with van der Waals surface area (Å²) in [5.41, 5.74) is 1.60. The monoisotopic (exact) mass is 331 g/mol. The van der Waals surface area contributed by atoms with Gasteiger partial charge in [-0.05, 0) is 42.2 Å². The summed E-state index contributed by atoms with van der Waals surface area (Å²) in [5, 5.41) is 10.7. The van der Waals surface area contributed by atoms with E-state index < -0.39 is 0 Å². The van der Waals surface area contributed by atoms with Crippen LogP contribution in [0.3, 0.4) is 0 Å². The van der Waals surface area contributed by atoms with Gasteiger partial charge in [0.25, 0.3) is 5.91 Å². The highest BCUT2D eigenvalue weighted by molar-refractivity contribution is 6.30. The van der Waals surface area contributed by atoms with E-state index in [1.54, 1.807) is 41.3 Å². The highest BCUT2D eigenvalue weighted by atomic mass is 35.5. The molecular weight excluding hydrogens is 314 g/mol. The van der Waals surface area contributed by atoms with Gasteiger partial charge in [-0.25, -0.2) is 0 Å². The van der Waals surface area contributed by atoms with Crippen molar-refractivity contribution in [3.63, 3.8) is 0 Å². The number of fused-ring (bicyclic) bond motifs is 1. The number of halogens is 1. The number of anilines is 1. The van der Waals surface area contributed by atoms with E-state index in [0.717, 1.165) is 12.0 Å². The third kappa shape index (κ3) is 3.27. The molecule has 5 heteroatoms. The fraction of sp³-hybridized carbons (Fsp3) is 0.278. The van der Waals surface area contributed by atoms with E-state index in [4.69, 9.17) is 16.3 Å². The van der Waals surface area contributed by atoms with E-state index >= 15 is 0 Å². The highest BCUT2D eigenvalue weighted by Crippen LogP contribution is 2.40. The molecule has 0 spiro atoms. The molecule has 1 atom stereocenters. The van der Waals surface area contributed by atoms with Gasteiger partial charge in [0.2, 0.25) is 0 Å². The van der Waals surface area contributed by atoms with Crippen LogP contribution in [0.1, 0.15) is 24.8 Å². The maximum absolute atomic E-state index is 12.5. The van der Waals surface area contributed by atoms with E-state index in [-0.39, 0.29) is 18.3 Å². The molecule has 2 aromatic carbocycles. The maximum atomic E-state index is 12.5. The predicted octanol–water partition coefficient (Wildman–Crippen LogP) is 3.96. The second kappa shape index (κ2) is 6.50. The Kier molecular flexibility index (Phi) is 4.44. The average molecular weight is 332 g/mol. The Morgan fingerprint density at radius 1 is 1.35 bits per heavy atom.